The second kappa shape index (κ2) is 5.83. The summed E-state index contributed by atoms with van der Waals surface area (Å²) in [6.45, 7) is 6.93. The van der Waals surface area contributed by atoms with Gasteiger partial charge in [0.2, 0.25) is 0 Å². The molecule has 1 saturated heterocycles. The lowest BCUT2D eigenvalue weighted by Gasteiger charge is -2.26. The van der Waals surface area contributed by atoms with Crippen LogP contribution < -0.4 is 5.32 Å². The molecule has 0 bridgehead atoms. The first-order chi connectivity index (χ1) is 9.37. The smallest absolute Gasteiger partial charge is 0.408 e. The Morgan fingerprint density at radius 2 is 2.35 bits per heavy atom. The summed E-state index contributed by atoms with van der Waals surface area (Å²) in [5.74, 6) is 0.248. The molecule has 6 nitrogen and oxygen atoms in total. The van der Waals surface area contributed by atoms with Crippen LogP contribution in [0.3, 0.4) is 0 Å². The average molecular weight is 281 g/mol. The Labute approximate surface area is 119 Å². The molecule has 112 valence electrons. The predicted octanol–water partition coefficient (Wildman–Crippen LogP) is 2.02. The number of nitrogens with zero attached hydrogens (tertiary/aromatic N) is 2. The summed E-state index contributed by atoms with van der Waals surface area (Å²) < 4.78 is 12.7. The van der Waals surface area contributed by atoms with E-state index in [2.05, 4.69) is 10.3 Å². The maximum Gasteiger partial charge on any atom is 0.408 e. The number of hydrogen-bond donors (Lipinski definition) is 1. The zero-order valence-electron chi connectivity index (χ0n) is 12.5. The number of hydrogen-bond acceptors (Lipinski definition) is 4. The predicted molar refractivity (Wildman–Crippen MR) is 74.2 cm³/mol. The van der Waals surface area contributed by atoms with Crippen LogP contribution in [0.15, 0.2) is 12.5 Å². The number of nitrogens with one attached hydrogen (secondary N) is 1. The van der Waals surface area contributed by atoms with Crippen molar-refractivity contribution in [1.29, 1.82) is 0 Å². The lowest BCUT2D eigenvalue weighted by atomic mass is 9.96. The van der Waals surface area contributed by atoms with Gasteiger partial charge in [-0.3, -0.25) is 0 Å². The van der Waals surface area contributed by atoms with Crippen molar-refractivity contribution >= 4 is 6.09 Å². The van der Waals surface area contributed by atoms with Gasteiger partial charge in [0.25, 0.3) is 0 Å². The normalized spacial score (nSPS) is 20.7. The first kappa shape index (κ1) is 14.8. The molecule has 1 aromatic rings. The molecule has 0 aliphatic carbocycles. The highest BCUT2D eigenvalue weighted by Crippen LogP contribution is 2.28. The molecule has 1 aromatic heterocycles. The van der Waals surface area contributed by atoms with Gasteiger partial charge in [-0.2, -0.15) is 0 Å². The van der Waals surface area contributed by atoms with Crippen molar-refractivity contribution in [3.05, 3.63) is 18.2 Å². The van der Waals surface area contributed by atoms with E-state index in [4.69, 9.17) is 9.47 Å². The lowest BCUT2D eigenvalue weighted by molar-refractivity contribution is 0.0478. The monoisotopic (exact) mass is 281 g/mol. The van der Waals surface area contributed by atoms with E-state index in [-0.39, 0.29) is 12.0 Å². The molecule has 20 heavy (non-hydrogen) atoms. The third-order valence-electron chi connectivity index (χ3n) is 3.28. The minimum atomic E-state index is -0.507. The van der Waals surface area contributed by atoms with Crippen LogP contribution in [0.25, 0.3) is 0 Å². The maximum atomic E-state index is 12.0. The van der Waals surface area contributed by atoms with Gasteiger partial charge in [0.15, 0.2) is 0 Å². The average Bonchev–Trinajstić information content (AvgIpc) is 2.94. The summed E-state index contributed by atoms with van der Waals surface area (Å²) in [5, 5.41) is 2.96. The van der Waals surface area contributed by atoms with Crippen LogP contribution in [0, 0.1) is 5.92 Å². The SMILES string of the molecule is Cn1cncc1C(NC(=O)OC(C)(C)C)C1CCOC1. The fourth-order valence-electron chi connectivity index (χ4n) is 2.35. The quantitative estimate of drug-likeness (QED) is 0.920. The minimum Gasteiger partial charge on any atom is -0.444 e. The fraction of sp³-hybridized carbons (Fsp3) is 0.714. The molecule has 2 rings (SSSR count). The Kier molecular flexibility index (Phi) is 4.32. The molecule has 0 radical (unpaired) electrons. The molecule has 0 saturated carbocycles. The van der Waals surface area contributed by atoms with Gasteiger partial charge in [0, 0.05) is 19.6 Å². The largest absolute Gasteiger partial charge is 0.444 e. The number of imidazole rings is 1. The van der Waals surface area contributed by atoms with Crippen molar-refractivity contribution in [1.82, 2.24) is 14.9 Å². The van der Waals surface area contributed by atoms with E-state index in [9.17, 15) is 4.79 Å². The molecule has 6 heteroatoms. The molecule has 2 unspecified atom stereocenters. The number of rotatable bonds is 3. The molecular weight excluding hydrogens is 258 g/mol. The van der Waals surface area contributed by atoms with E-state index in [0.717, 1.165) is 18.7 Å². The standard InChI is InChI=1S/C14H23N3O3/c1-14(2,3)20-13(18)16-12(10-5-6-19-8-10)11-7-15-9-17(11)4/h7,9-10,12H,5-6,8H2,1-4H3,(H,16,18). The molecule has 0 spiro atoms. The van der Waals surface area contributed by atoms with E-state index in [0.29, 0.717) is 6.61 Å². The van der Waals surface area contributed by atoms with Crippen LogP contribution in [0.4, 0.5) is 4.79 Å². The van der Waals surface area contributed by atoms with E-state index >= 15 is 0 Å². The number of carbonyl (C=O) groups is 1. The number of amides is 1. The molecule has 0 aromatic carbocycles. The van der Waals surface area contributed by atoms with Crippen LogP contribution in [0.2, 0.25) is 0 Å². The van der Waals surface area contributed by atoms with Gasteiger partial charge in [-0.15, -0.1) is 0 Å². The highest BCUT2D eigenvalue weighted by atomic mass is 16.6. The Hall–Kier alpha value is -1.56. The van der Waals surface area contributed by atoms with E-state index in [1.807, 2.05) is 32.4 Å². The van der Waals surface area contributed by atoms with Crippen LogP contribution in [0.5, 0.6) is 0 Å². The van der Waals surface area contributed by atoms with E-state index in [1.165, 1.54) is 0 Å². The summed E-state index contributed by atoms with van der Waals surface area (Å²) in [7, 11) is 1.92. The van der Waals surface area contributed by atoms with Gasteiger partial charge in [-0.05, 0) is 27.2 Å². The van der Waals surface area contributed by atoms with Gasteiger partial charge < -0.3 is 19.4 Å². The minimum absolute atomic E-state index is 0.139. The Morgan fingerprint density at radius 1 is 1.60 bits per heavy atom. The molecule has 1 N–H and O–H groups in total. The third-order valence-corrected chi connectivity index (χ3v) is 3.28. The fourth-order valence-corrected chi connectivity index (χ4v) is 2.35. The van der Waals surface area contributed by atoms with Gasteiger partial charge >= 0.3 is 6.09 Å². The van der Waals surface area contributed by atoms with E-state index < -0.39 is 11.7 Å². The number of alkyl carbamates (subject to hydrolysis) is 1. The Bertz CT molecular complexity index is 458. The van der Waals surface area contributed by atoms with Crippen molar-refractivity contribution in [2.24, 2.45) is 13.0 Å². The van der Waals surface area contributed by atoms with Crippen molar-refractivity contribution in [2.45, 2.75) is 38.8 Å². The first-order valence-corrected chi connectivity index (χ1v) is 6.90. The first-order valence-electron chi connectivity index (χ1n) is 6.90. The maximum absolute atomic E-state index is 12.0. The number of ether oxygens (including phenoxy) is 2. The molecule has 2 heterocycles. The summed E-state index contributed by atoms with van der Waals surface area (Å²) >= 11 is 0. The number of carbonyl (C=O) groups excluding carboxylic acids is 1. The van der Waals surface area contributed by atoms with Crippen LogP contribution in [0.1, 0.15) is 38.9 Å². The lowest BCUT2D eigenvalue weighted by Crippen LogP contribution is -2.38. The number of aryl methyl sites for hydroxylation is 1. The highest BCUT2D eigenvalue weighted by molar-refractivity contribution is 5.68. The molecule has 1 amide bonds. The highest BCUT2D eigenvalue weighted by Gasteiger charge is 2.31. The molecule has 1 aliphatic rings. The summed E-state index contributed by atoms with van der Waals surface area (Å²) in [4.78, 5) is 16.2. The van der Waals surface area contributed by atoms with Crippen LogP contribution in [-0.4, -0.2) is 34.5 Å². The zero-order valence-corrected chi connectivity index (χ0v) is 12.5. The van der Waals surface area contributed by atoms with Crippen molar-refractivity contribution in [2.75, 3.05) is 13.2 Å². The molecule has 2 atom stereocenters. The zero-order chi connectivity index (χ0) is 14.8. The van der Waals surface area contributed by atoms with Crippen molar-refractivity contribution in [3.63, 3.8) is 0 Å². The number of aromatic nitrogens is 2. The molecular formula is C14H23N3O3. The van der Waals surface area contributed by atoms with Crippen molar-refractivity contribution < 1.29 is 14.3 Å². The summed E-state index contributed by atoms with van der Waals surface area (Å²) in [6.07, 6.45) is 4.02. The van der Waals surface area contributed by atoms with Gasteiger partial charge in [0.1, 0.15) is 5.60 Å². The summed E-state index contributed by atoms with van der Waals surface area (Å²) in [5.41, 5.74) is 0.458. The van der Waals surface area contributed by atoms with Crippen LogP contribution >= 0.6 is 0 Å². The Morgan fingerprint density at radius 3 is 2.85 bits per heavy atom. The third kappa shape index (κ3) is 3.72. The van der Waals surface area contributed by atoms with Gasteiger partial charge in [-0.1, -0.05) is 0 Å². The summed E-state index contributed by atoms with van der Waals surface area (Å²) in [6, 6.07) is -0.139. The van der Waals surface area contributed by atoms with E-state index in [1.54, 1.807) is 12.5 Å². The van der Waals surface area contributed by atoms with Crippen molar-refractivity contribution in [3.8, 4) is 0 Å². The van der Waals surface area contributed by atoms with Gasteiger partial charge in [0.05, 0.1) is 30.9 Å². The topological polar surface area (TPSA) is 65.4 Å². The second-order valence-corrected chi connectivity index (χ2v) is 6.18. The van der Waals surface area contributed by atoms with Gasteiger partial charge in [-0.25, -0.2) is 9.78 Å². The second-order valence-electron chi connectivity index (χ2n) is 6.18. The molecule has 1 aliphatic heterocycles. The molecule has 1 fully saturated rings. The Balaban J connectivity index is 2.11. The van der Waals surface area contributed by atoms with Crippen LogP contribution in [-0.2, 0) is 16.5 Å².